The molecule has 2 rings (SSSR count). The summed E-state index contributed by atoms with van der Waals surface area (Å²) in [6.45, 7) is 4.87. The van der Waals surface area contributed by atoms with E-state index >= 15 is 0 Å². The van der Waals surface area contributed by atoms with E-state index < -0.39 is 0 Å². The molecule has 2 aromatic rings. The fraction of sp³-hybridized carbons (Fsp3) is 0.250. The summed E-state index contributed by atoms with van der Waals surface area (Å²) in [4.78, 5) is 0. The van der Waals surface area contributed by atoms with E-state index in [1.165, 1.54) is 16.7 Å². The van der Waals surface area contributed by atoms with Gasteiger partial charge in [0.1, 0.15) is 0 Å². The molecule has 94 valence electrons. The second kappa shape index (κ2) is 5.69. The summed E-state index contributed by atoms with van der Waals surface area (Å²) in [5.74, 6) is 0. The first kappa shape index (κ1) is 12.7. The minimum absolute atomic E-state index is 0.160. The highest BCUT2D eigenvalue weighted by molar-refractivity contribution is 5.47. The molecule has 0 aliphatic carbocycles. The summed E-state index contributed by atoms with van der Waals surface area (Å²) < 4.78 is 0. The Morgan fingerprint density at radius 1 is 1.00 bits per heavy atom. The third-order valence-corrected chi connectivity index (χ3v) is 3.37. The molecule has 0 saturated carbocycles. The molecule has 1 unspecified atom stereocenters. The molecule has 0 saturated heterocycles. The number of rotatable bonds is 4. The van der Waals surface area contributed by atoms with Gasteiger partial charge in [-0.3, -0.25) is 0 Å². The summed E-state index contributed by atoms with van der Waals surface area (Å²) >= 11 is 0. The van der Waals surface area contributed by atoms with E-state index in [4.69, 9.17) is 5.73 Å². The van der Waals surface area contributed by atoms with Crippen molar-refractivity contribution in [3.63, 3.8) is 0 Å². The Balaban J connectivity index is 2.26. The van der Waals surface area contributed by atoms with E-state index in [9.17, 15) is 0 Å². The van der Waals surface area contributed by atoms with Crippen molar-refractivity contribution in [1.29, 1.82) is 0 Å². The van der Waals surface area contributed by atoms with Crippen molar-refractivity contribution < 1.29 is 0 Å². The van der Waals surface area contributed by atoms with Crippen molar-refractivity contribution >= 4 is 5.69 Å². The zero-order chi connectivity index (χ0) is 13.0. The molecule has 0 spiro atoms. The van der Waals surface area contributed by atoms with Gasteiger partial charge < -0.3 is 11.1 Å². The Hall–Kier alpha value is -1.80. The van der Waals surface area contributed by atoms with Gasteiger partial charge in [0.15, 0.2) is 0 Å². The molecule has 1 atom stereocenters. The second-order valence-corrected chi connectivity index (χ2v) is 4.59. The number of nitrogens with two attached hydrogens (primary N) is 1. The lowest BCUT2D eigenvalue weighted by atomic mass is 9.97. The maximum atomic E-state index is 5.91. The number of hydrogen-bond acceptors (Lipinski definition) is 2. The summed E-state index contributed by atoms with van der Waals surface area (Å²) in [6.07, 6.45) is 0. The van der Waals surface area contributed by atoms with Crippen LogP contribution in [0.4, 0.5) is 5.69 Å². The molecule has 2 nitrogen and oxygen atoms in total. The van der Waals surface area contributed by atoms with Crippen LogP contribution in [0.5, 0.6) is 0 Å². The van der Waals surface area contributed by atoms with Crippen LogP contribution in [0.2, 0.25) is 0 Å². The molecule has 0 amide bonds. The number of benzene rings is 2. The van der Waals surface area contributed by atoms with Crippen molar-refractivity contribution in [3.05, 3.63) is 65.2 Å². The predicted octanol–water partition coefficient (Wildman–Crippen LogP) is 3.42. The van der Waals surface area contributed by atoms with Gasteiger partial charge in [0.05, 0.1) is 6.04 Å². The van der Waals surface area contributed by atoms with E-state index in [1.807, 2.05) is 18.2 Å². The Morgan fingerprint density at radius 2 is 1.72 bits per heavy atom. The van der Waals surface area contributed by atoms with Crippen molar-refractivity contribution in [1.82, 2.24) is 0 Å². The molecule has 18 heavy (non-hydrogen) atoms. The van der Waals surface area contributed by atoms with Gasteiger partial charge in [-0.25, -0.2) is 0 Å². The fourth-order valence-electron chi connectivity index (χ4n) is 2.15. The van der Waals surface area contributed by atoms with Crippen molar-refractivity contribution in [3.8, 4) is 0 Å². The number of hydrogen-bond donors (Lipinski definition) is 2. The van der Waals surface area contributed by atoms with Crippen LogP contribution >= 0.6 is 0 Å². The topological polar surface area (TPSA) is 38.0 Å². The van der Waals surface area contributed by atoms with Crippen LogP contribution in [0.1, 0.15) is 22.7 Å². The Morgan fingerprint density at radius 3 is 2.39 bits per heavy atom. The van der Waals surface area contributed by atoms with Crippen molar-refractivity contribution in [2.24, 2.45) is 5.73 Å². The molecule has 0 aliphatic heterocycles. The average molecular weight is 240 g/mol. The molecular weight excluding hydrogens is 220 g/mol. The van der Waals surface area contributed by atoms with Crippen LogP contribution in [-0.2, 0) is 0 Å². The first-order chi connectivity index (χ1) is 8.72. The zero-order valence-corrected chi connectivity index (χ0v) is 11.0. The maximum Gasteiger partial charge on any atom is 0.0638 e. The molecule has 0 heterocycles. The molecule has 3 N–H and O–H groups in total. The molecular formula is C16H20N2. The third kappa shape index (κ3) is 2.71. The Labute approximate surface area is 109 Å². The van der Waals surface area contributed by atoms with E-state index in [0.717, 1.165) is 5.69 Å². The normalized spacial score (nSPS) is 12.2. The highest BCUT2D eigenvalue weighted by Gasteiger charge is 2.12. The number of nitrogens with one attached hydrogen (secondary N) is 1. The largest absolute Gasteiger partial charge is 0.377 e. The number of aryl methyl sites for hydroxylation is 1. The van der Waals surface area contributed by atoms with E-state index in [2.05, 4.69) is 49.5 Å². The quantitative estimate of drug-likeness (QED) is 0.859. The van der Waals surface area contributed by atoms with Crippen molar-refractivity contribution in [2.75, 3.05) is 11.9 Å². The smallest absolute Gasteiger partial charge is 0.0638 e. The summed E-state index contributed by atoms with van der Waals surface area (Å²) in [5, 5.41) is 3.49. The zero-order valence-electron chi connectivity index (χ0n) is 11.0. The summed E-state index contributed by atoms with van der Waals surface area (Å²) in [6, 6.07) is 16.7. The summed E-state index contributed by atoms with van der Waals surface area (Å²) in [7, 11) is 0. The van der Waals surface area contributed by atoms with Crippen LogP contribution in [0, 0.1) is 13.8 Å². The lowest BCUT2D eigenvalue weighted by Crippen LogP contribution is -2.21. The highest BCUT2D eigenvalue weighted by Crippen LogP contribution is 2.23. The van der Waals surface area contributed by atoms with E-state index in [0.29, 0.717) is 6.54 Å². The molecule has 0 bridgehead atoms. The average Bonchev–Trinajstić information content (AvgIpc) is 2.41. The maximum absolute atomic E-state index is 5.91. The molecule has 2 heteroatoms. The predicted molar refractivity (Wildman–Crippen MR) is 77.8 cm³/mol. The standard InChI is InChI=1S/C16H20N2/c1-12-7-6-10-15(13(12)2)16(11-17)18-14-8-4-3-5-9-14/h3-10,16,18H,11,17H2,1-2H3. The van der Waals surface area contributed by atoms with E-state index in [1.54, 1.807) is 0 Å². The highest BCUT2D eigenvalue weighted by atomic mass is 14.9. The SMILES string of the molecule is Cc1cccc(C(CN)Nc2ccccc2)c1C. The van der Waals surface area contributed by atoms with Crippen LogP contribution in [0.3, 0.4) is 0 Å². The minimum Gasteiger partial charge on any atom is -0.377 e. The first-order valence-electron chi connectivity index (χ1n) is 6.30. The molecule has 0 aromatic heterocycles. The van der Waals surface area contributed by atoms with Crippen molar-refractivity contribution in [2.45, 2.75) is 19.9 Å². The minimum atomic E-state index is 0.160. The fourth-order valence-corrected chi connectivity index (χ4v) is 2.15. The Kier molecular flexibility index (Phi) is 4.00. The van der Waals surface area contributed by atoms with E-state index in [-0.39, 0.29) is 6.04 Å². The van der Waals surface area contributed by atoms with Gasteiger partial charge in [0, 0.05) is 12.2 Å². The molecule has 0 radical (unpaired) electrons. The number of para-hydroxylation sites is 1. The van der Waals surface area contributed by atoms with Gasteiger partial charge in [-0.2, -0.15) is 0 Å². The van der Waals surface area contributed by atoms with Crippen LogP contribution in [0.25, 0.3) is 0 Å². The lowest BCUT2D eigenvalue weighted by molar-refractivity contribution is 0.782. The van der Waals surface area contributed by atoms with Gasteiger partial charge in [-0.15, -0.1) is 0 Å². The first-order valence-corrected chi connectivity index (χ1v) is 6.30. The second-order valence-electron chi connectivity index (χ2n) is 4.59. The van der Waals surface area contributed by atoms with Gasteiger partial charge in [0.2, 0.25) is 0 Å². The van der Waals surface area contributed by atoms with Gasteiger partial charge in [-0.05, 0) is 42.7 Å². The molecule has 0 aliphatic rings. The monoisotopic (exact) mass is 240 g/mol. The van der Waals surface area contributed by atoms with Crippen LogP contribution in [0.15, 0.2) is 48.5 Å². The van der Waals surface area contributed by atoms with Gasteiger partial charge in [-0.1, -0.05) is 36.4 Å². The van der Waals surface area contributed by atoms with Gasteiger partial charge >= 0.3 is 0 Å². The third-order valence-electron chi connectivity index (χ3n) is 3.37. The van der Waals surface area contributed by atoms with Crippen LogP contribution in [-0.4, -0.2) is 6.54 Å². The van der Waals surface area contributed by atoms with Crippen LogP contribution < -0.4 is 11.1 Å². The van der Waals surface area contributed by atoms with Gasteiger partial charge in [0.25, 0.3) is 0 Å². The molecule has 0 fully saturated rings. The summed E-state index contributed by atoms with van der Waals surface area (Å²) in [5.41, 5.74) is 10.9. The number of anilines is 1. The Bertz CT molecular complexity index is 506. The lowest BCUT2D eigenvalue weighted by Gasteiger charge is -2.21. The molecule has 2 aromatic carbocycles.